The van der Waals surface area contributed by atoms with Crippen molar-refractivity contribution < 1.29 is 9.53 Å². The van der Waals surface area contributed by atoms with E-state index in [0.717, 1.165) is 81.0 Å². The number of likely N-dealkylation sites (tertiary alicyclic amines) is 1. The summed E-state index contributed by atoms with van der Waals surface area (Å²) in [4.78, 5) is 33.3. The summed E-state index contributed by atoms with van der Waals surface area (Å²) in [5.74, 6) is 7.04. The van der Waals surface area contributed by atoms with Crippen molar-refractivity contribution in [3.63, 3.8) is 0 Å². The molecule has 2 N–H and O–H groups in total. The van der Waals surface area contributed by atoms with Crippen LogP contribution in [0.3, 0.4) is 0 Å². The summed E-state index contributed by atoms with van der Waals surface area (Å²) >= 11 is 0. The Bertz CT molecular complexity index is 1210. The summed E-state index contributed by atoms with van der Waals surface area (Å²) < 4.78 is 5.59. The summed E-state index contributed by atoms with van der Waals surface area (Å²) in [5.41, 5.74) is 4.54. The number of nitrogens with zero attached hydrogens (tertiary/aromatic N) is 2. The summed E-state index contributed by atoms with van der Waals surface area (Å²) in [6.45, 7) is 10.6. The predicted molar refractivity (Wildman–Crippen MR) is 148 cm³/mol. The van der Waals surface area contributed by atoms with E-state index in [9.17, 15) is 9.59 Å². The second-order valence-electron chi connectivity index (χ2n) is 10.4. The lowest BCUT2D eigenvalue weighted by molar-refractivity contribution is 0.0846. The van der Waals surface area contributed by atoms with Crippen molar-refractivity contribution in [1.29, 1.82) is 0 Å². The fourth-order valence-corrected chi connectivity index (χ4v) is 5.34. The van der Waals surface area contributed by atoms with E-state index in [2.05, 4.69) is 52.0 Å². The van der Waals surface area contributed by atoms with Gasteiger partial charge in [0.05, 0.1) is 0 Å². The Labute approximate surface area is 220 Å². The quantitative estimate of drug-likeness (QED) is 0.588. The molecular weight excluding hydrogens is 464 g/mol. The monoisotopic (exact) mass is 504 g/mol. The molecule has 0 radical (unpaired) electrons. The third-order valence-electron chi connectivity index (χ3n) is 7.54. The van der Waals surface area contributed by atoms with Crippen LogP contribution in [0.25, 0.3) is 0 Å². The number of rotatable bonds is 6. The Hall–Kier alpha value is -3.08. The Kier molecular flexibility index (Phi) is 9.07. The highest BCUT2D eigenvalue weighted by Crippen LogP contribution is 2.26. The van der Waals surface area contributed by atoms with E-state index in [1.165, 1.54) is 0 Å². The number of piperidine rings is 1. The average molecular weight is 505 g/mol. The zero-order valence-corrected chi connectivity index (χ0v) is 22.7. The van der Waals surface area contributed by atoms with Crippen molar-refractivity contribution >= 4 is 11.6 Å². The molecule has 7 nitrogen and oxygen atoms in total. The fourth-order valence-electron chi connectivity index (χ4n) is 5.34. The molecule has 37 heavy (non-hydrogen) atoms. The Morgan fingerprint density at radius 1 is 1.14 bits per heavy atom. The molecule has 2 aliphatic rings. The van der Waals surface area contributed by atoms with E-state index in [-0.39, 0.29) is 18.0 Å². The van der Waals surface area contributed by atoms with Gasteiger partial charge in [-0.15, -0.1) is 0 Å². The molecule has 3 heterocycles. The number of aryl methyl sites for hydroxylation is 2. The van der Waals surface area contributed by atoms with Crippen LogP contribution >= 0.6 is 0 Å². The van der Waals surface area contributed by atoms with Gasteiger partial charge in [0, 0.05) is 66.3 Å². The average Bonchev–Trinajstić information content (AvgIpc) is 2.88. The first-order valence-corrected chi connectivity index (χ1v) is 13.5. The normalized spacial score (nSPS) is 17.2. The van der Waals surface area contributed by atoms with Gasteiger partial charge in [0.15, 0.2) is 0 Å². The van der Waals surface area contributed by atoms with Gasteiger partial charge in [0.1, 0.15) is 0 Å². The summed E-state index contributed by atoms with van der Waals surface area (Å²) in [6, 6.07) is 8.26. The Balaban J connectivity index is 1.60. The minimum atomic E-state index is -0.202. The third kappa shape index (κ3) is 7.03. The number of amides is 1. The van der Waals surface area contributed by atoms with Crippen molar-refractivity contribution in [2.45, 2.75) is 59.0 Å². The van der Waals surface area contributed by atoms with Crippen molar-refractivity contribution in [2.75, 3.05) is 44.8 Å². The van der Waals surface area contributed by atoms with E-state index in [1.807, 2.05) is 32.0 Å². The van der Waals surface area contributed by atoms with Crippen LogP contribution in [0.15, 0.2) is 29.1 Å². The lowest BCUT2D eigenvalue weighted by Gasteiger charge is -2.35. The number of carbonyl (C=O) groups is 1. The number of H-pyrrole nitrogens is 1. The van der Waals surface area contributed by atoms with Gasteiger partial charge in [-0.2, -0.15) is 0 Å². The number of aromatic amines is 1. The Morgan fingerprint density at radius 3 is 2.54 bits per heavy atom. The minimum absolute atomic E-state index is 0.159. The van der Waals surface area contributed by atoms with Crippen LogP contribution in [0.5, 0.6) is 0 Å². The van der Waals surface area contributed by atoms with Gasteiger partial charge < -0.3 is 24.8 Å². The van der Waals surface area contributed by atoms with Crippen molar-refractivity contribution in [3.8, 4) is 11.8 Å². The molecule has 4 rings (SSSR count). The zero-order valence-electron chi connectivity index (χ0n) is 22.7. The van der Waals surface area contributed by atoms with Gasteiger partial charge in [0.25, 0.3) is 11.5 Å². The predicted octanol–water partition coefficient (Wildman–Crippen LogP) is 3.62. The smallest absolute Gasteiger partial charge is 0.253 e. The molecule has 2 aromatic rings. The van der Waals surface area contributed by atoms with Crippen LogP contribution in [0.1, 0.15) is 65.3 Å². The molecular formula is C30H40N4O3. The maximum Gasteiger partial charge on any atom is 0.253 e. The van der Waals surface area contributed by atoms with Gasteiger partial charge in [-0.1, -0.05) is 11.8 Å². The molecule has 1 aromatic carbocycles. The van der Waals surface area contributed by atoms with Crippen LogP contribution in [0.2, 0.25) is 0 Å². The molecule has 0 bridgehead atoms. The molecule has 2 saturated heterocycles. The van der Waals surface area contributed by atoms with Crippen LogP contribution in [-0.4, -0.2) is 61.7 Å². The summed E-state index contributed by atoms with van der Waals surface area (Å²) in [6.07, 6.45) is 4.08. The summed E-state index contributed by atoms with van der Waals surface area (Å²) in [7, 11) is 2.15. The van der Waals surface area contributed by atoms with Crippen LogP contribution < -0.4 is 15.8 Å². The molecule has 1 aromatic heterocycles. The van der Waals surface area contributed by atoms with Gasteiger partial charge in [-0.05, 0) is 96.4 Å². The molecule has 0 unspecified atom stereocenters. The molecule has 2 aliphatic heterocycles. The SMILES string of the molecule is CCN(c1cc(C#CC2CCN(C)CC2)cc(C(=O)NCc2c(C)cc(C)[nH]c2=O)c1)C1CCOCC1. The fraction of sp³-hybridized carbons (Fsp3) is 0.533. The molecule has 0 atom stereocenters. The van der Waals surface area contributed by atoms with Gasteiger partial charge in [0.2, 0.25) is 0 Å². The molecule has 7 heteroatoms. The number of ether oxygens (including phenoxy) is 1. The van der Waals surface area contributed by atoms with E-state index >= 15 is 0 Å². The second-order valence-corrected chi connectivity index (χ2v) is 10.4. The Morgan fingerprint density at radius 2 is 1.86 bits per heavy atom. The molecule has 2 fully saturated rings. The maximum atomic E-state index is 13.3. The maximum absolute atomic E-state index is 13.3. The number of hydrogen-bond acceptors (Lipinski definition) is 5. The van der Waals surface area contributed by atoms with Gasteiger partial charge in [-0.25, -0.2) is 0 Å². The van der Waals surface area contributed by atoms with Crippen molar-refractivity contribution in [1.82, 2.24) is 15.2 Å². The van der Waals surface area contributed by atoms with E-state index in [4.69, 9.17) is 4.74 Å². The number of pyridine rings is 1. The first kappa shape index (κ1) is 27.0. The van der Waals surface area contributed by atoms with E-state index in [0.29, 0.717) is 23.1 Å². The highest BCUT2D eigenvalue weighted by Gasteiger charge is 2.22. The number of hydrogen-bond donors (Lipinski definition) is 2. The minimum Gasteiger partial charge on any atom is -0.381 e. The molecule has 0 saturated carbocycles. The first-order valence-electron chi connectivity index (χ1n) is 13.5. The van der Waals surface area contributed by atoms with E-state index in [1.54, 1.807) is 0 Å². The van der Waals surface area contributed by atoms with Crippen molar-refractivity contribution in [3.05, 3.63) is 62.6 Å². The number of benzene rings is 1. The summed E-state index contributed by atoms with van der Waals surface area (Å²) in [5, 5.41) is 2.97. The topological polar surface area (TPSA) is 77.7 Å². The van der Waals surface area contributed by atoms with Crippen LogP contribution in [-0.2, 0) is 11.3 Å². The third-order valence-corrected chi connectivity index (χ3v) is 7.54. The highest BCUT2D eigenvalue weighted by atomic mass is 16.5. The second kappa shape index (κ2) is 12.4. The van der Waals surface area contributed by atoms with Crippen molar-refractivity contribution in [2.24, 2.45) is 5.92 Å². The molecule has 198 valence electrons. The number of aromatic nitrogens is 1. The van der Waals surface area contributed by atoms with E-state index < -0.39 is 0 Å². The standard InChI is InChI=1S/C30H40N4O3/c1-5-34(26-10-14-37-15-11-26)27-18-24(7-6-23-8-12-33(4)13-9-23)17-25(19-27)29(35)31-20-28-21(2)16-22(3)32-30(28)36/h16-19,23,26H,5,8-15,20H2,1-4H3,(H,31,35)(H,32,36). The van der Waals surface area contributed by atoms with Gasteiger partial charge >= 0.3 is 0 Å². The number of carbonyl (C=O) groups excluding carboxylic acids is 1. The number of anilines is 1. The highest BCUT2D eigenvalue weighted by molar-refractivity contribution is 5.95. The van der Waals surface area contributed by atoms with Crippen LogP contribution in [0.4, 0.5) is 5.69 Å². The van der Waals surface area contributed by atoms with Crippen LogP contribution in [0, 0.1) is 31.6 Å². The number of nitrogens with one attached hydrogen (secondary N) is 2. The lowest BCUT2D eigenvalue weighted by atomic mass is 9.97. The molecule has 0 aliphatic carbocycles. The van der Waals surface area contributed by atoms with Gasteiger partial charge in [-0.3, -0.25) is 9.59 Å². The first-order chi connectivity index (χ1) is 17.8. The lowest BCUT2D eigenvalue weighted by Crippen LogP contribution is -2.39. The zero-order chi connectivity index (χ0) is 26.4. The molecule has 1 amide bonds. The largest absolute Gasteiger partial charge is 0.381 e. The molecule has 0 spiro atoms.